The van der Waals surface area contributed by atoms with E-state index in [2.05, 4.69) is 25.6 Å². The van der Waals surface area contributed by atoms with Crippen molar-refractivity contribution in [3.05, 3.63) is 87.1 Å². The number of carbonyl (C=O) groups excluding carboxylic acids is 1. The maximum atomic E-state index is 12.9. The number of fused-ring (bicyclic) bond motifs is 1. The molecule has 0 saturated carbocycles. The van der Waals surface area contributed by atoms with Crippen LogP contribution in [0.1, 0.15) is 15.9 Å². The number of carbonyl (C=O) groups is 1. The zero-order chi connectivity index (χ0) is 24.3. The topological polar surface area (TPSA) is 89.8 Å². The number of ether oxygens (including phenoxy) is 1. The molecular weight excluding hydrogens is 538 g/mol. The molecule has 0 aliphatic carbocycles. The van der Waals surface area contributed by atoms with E-state index in [0.717, 1.165) is 20.3 Å². The second kappa shape index (κ2) is 10.2. The monoisotopic (exact) mass is 559 g/mol. The first kappa shape index (κ1) is 24.3. The summed E-state index contributed by atoms with van der Waals surface area (Å²) >= 11 is 4.90. The van der Waals surface area contributed by atoms with Gasteiger partial charge in [0.05, 0.1) is 21.7 Å². The summed E-state index contributed by atoms with van der Waals surface area (Å²) in [5.74, 6) is -0.412. The molecule has 0 unspecified atom stereocenters. The number of aromatic nitrogens is 1. The number of nitrogens with zero attached hydrogens (tertiary/aromatic N) is 2. The van der Waals surface area contributed by atoms with Crippen molar-refractivity contribution in [2.75, 3.05) is 18.4 Å². The standard InChI is InChI=1S/C24H22BrN3O4S2/c1-16-3-10-20(11-4-16)34(30,31)27-19-8-5-17(6-9-19)23(29)26-24-28(13-14-32-2)21-12-7-18(25)15-22(21)33-24/h3-12,15,27H,13-14H2,1-2H3. The Balaban J connectivity index is 1.59. The Morgan fingerprint density at radius 3 is 2.47 bits per heavy atom. The first-order valence-electron chi connectivity index (χ1n) is 10.3. The van der Waals surface area contributed by atoms with Gasteiger partial charge in [-0.15, -0.1) is 0 Å². The molecule has 7 nitrogen and oxygen atoms in total. The average molecular weight is 560 g/mol. The third-order valence-electron chi connectivity index (χ3n) is 5.08. The van der Waals surface area contributed by atoms with Gasteiger partial charge in [-0.3, -0.25) is 9.52 Å². The number of hydrogen-bond donors (Lipinski definition) is 1. The zero-order valence-corrected chi connectivity index (χ0v) is 21.7. The normalized spacial score (nSPS) is 12.3. The molecule has 0 fully saturated rings. The molecule has 4 aromatic rings. The number of thiazole rings is 1. The lowest BCUT2D eigenvalue weighted by atomic mass is 10.2. The van der Waals surface area contributed by atoms with E-state index in [1.165, 1.54) is 11.3 Å². The zero-order valence-electron chi connectivity index (χ0n) is 18.5. The van der Waals surface area contributed by atoms with Crippen LogP contribution in [0.25, 0.3) is 10.2 Å². The van der Waals surface area contributed by atoms with E-state index in [9.17, 15) is 13.2 Å². The molecule has 0 atom stereocenters. The van der Waals surface area contributed by atoms with Gasteiger partial charge in [0.15, 0.2) is 4.80 Å². The third-order valence-corrected chi connectivity index (χ3v) is 8.01. The summed E-state index contributed by atoms with van der Waals surface area (Å²) in [5, 5.41) is 0. The van der Waals surface area contributed by atoms with Crippen LogP contribution in [-0.4, -0.2) is 32.6 Å². The van der Waals surface area contributed by atoms with Crippen molar-refractivity contribution in [2.45, 2.75) is 18.4 Å². The minimum Gasteiger partial charge on any atom is -0.383 e. The fourth-order valence-electron chi connectivity index (χ4n) is 3.29. The molecule has 1 heterocycles. The lowest BCUT2D eigenvalue weighted by Crippen LogP contribution is -2.19. The highest BCUT2D eigenvalue weighted by Gasteiger charge is 2.15. The Kier molecular flexibility index (Phi) is 7.32. The predicted molar refractivity (Wildman–Crippen MR) is 138 cm³/mol. The minimum atomic E-state index is -3.72. The van der Waals surface area contributed by atoms with Crippen LogP contribution in [0.15, 0.2) is 81.1 Å². The van der Waals surface area contributed by atoms with Gasteiger partial charge in [-0.25, -0.2) is 8.42 Å². The Morgan fingerprint density at radius 1 is 1.09 bits per heavy atom. The number of amides is 1. The van der Waals surface area contributed by atoms with Gasteiger partial charge in [0, 0.05) is 29.4 Å². The van der Waals surface area contributed by atoms with Crippen molar-refractivity contribution in [2.24, 2.45) is 4.99 Å². The summed E-state index contributed by atoms with van der Waals surface area (Å²) in [6, 6.07) is 18.7. The number of benzene rings is 3. The van der Waals surface area contributed by atoms with Gasteiger partial charge in [-0.1, -0.05) is 45.0 Å². The summed E-state index contributed by atoms with van der Waals surface area (Å²) < 4.78 is 36.8. The van der Waals surface area contributed by atoms with E-state index in [1.807, 2.05) is 29.7 Å². The fraction of sp³-hybridized carbons (Fsp3) is 0.167. The van der Waals surface area contributed by atoms with Gasteiger partial charge in [-0.05, 0) is 61.5 Å². The molecule has 0 bridgehead atoms. The molecule has 1 N–H and O–H groups in total. The molecule has 1 amide bonds. The van der Waals surface area contributed by atoms with Gasteiger partial charge in [0.2, 0.25) is 0 Å². The smallest absolute Gasteiger partial charge is 0.279 e. The first-order chi connectivity index (χ1) is 16.3. The van der Waals surface area contributed by atoms with E-state index < -0.39 is 15.9 Å². The molecule has 3 aromatic carbocycles. The largest absolute Gasteiger partial charge is 0.383 e. The lowest BCUT2D eigenvalue weighted by molar-refractivity contribution is 0.0997. The Morgan fingerprint density at radius 2 is 1.79 bits per heavy atom. The minimum absolute atomic E-state index is 0.172. The highest BCUT2D eigenvalue weighted by molar-refractivity contribution is 9.10. The Bertz CT molecular complexity index is 1510. The number of aryl methyl sites for hydroxylation is 1. The average Bonchev–Trinajstić information content (AvgIpc) is 3.13. The van der Waals surface area contributed by atoms with Crippen molar-refractivity contribution in [3.8, 4) is 0 Å². The van der Waals surface area contributed by atoms with Gasteiger partial charge >= 0.3 is 0 Å². The van der Waals surface area contributed by atoms with Crippen molar-refractivity contribution >= 4 is 59.1 Å². The van der Waals surface area contributed by atoms with Crippen LogP contribution in [-0.2, 0) is 21.3 Å². The number of hydrogen-bond acceptors (Lipinski definition) is 5. The maximum Gasteiger partial charge on any atom is 0.279 e. The van der Waals surface area contributed by atoms with Gasteiger partial charge in [0.1, 0.15) is 0 Å². The lowest BCUT2D eigenvalue weighted by Gasteiger charge is -2.08. The van der Waals surface area contributed by atoms with E-state index >= 15 is 0 Å². The van der Waals surface area contributed by atoms with E-state index in [4.69, 9.17) is 4.74 Å². The maximum absolute atomic E-state index is 12.9. The molecule has 4 rings (SSSR count). The summed E-state index contributed by atoms with van der Waals surface area (Å²) in [6.07, 6.45) is 0. The number of halogens is 1. The summed E-state index contributed by atoms with van der Waals surface area (Å²) in [6.45, 7) is 2.94. The van der Waals surface area contributed by atoms with Crippen LogP contribution >= 0.6 is 27.3 Å². The first-order valence-corrected chi connectivity index (χ1v) is 13.4. The molecule has 10 heteroatoms. The molecule has 1 aromatic heterocycles. The van der Waals surface area contributed by atoms with Crippen molar-refractivity contribution in [1.82, 2.24) is 4.57 Å². The van der Waals surface area contributed by atoms with E-state index in [1.54, 1.807) is 55.6 Å². The molecule has 0 aliphatic heterocycles. The van der Waals surface area contributed by atoms with Crippen LogP contribution < -0.4 is 9.52 Å². The number of rotatable bonds is 7. The highest BCUT2D eigenvalue weighted by Crippen LogP contribution is 2.23. The quantitative estimate of drug-likeness (QED) is 0.346. The number of anilines is 1. The van der Waals surface area contributed by atoms with Crippen LogP contribution in [0.5, 0.6) is 0 Å². The molecule has 0 aliphatic rings. The van der Waals surface area contributed by atoms with Crippen LogP contribution in [0, 0.1) is 6.92 Å². The molecule has 0 saturated heterocycles. The van der Waals surface area contributed by atoms with Gasteiger partial charge in [0.25, 0.3) is 15.9 Å². The number of nitrogens with one attached hydrogen (secondary N) is 1. The SMILES string of the molecule is COCCn1c(=NC(=O)c2ccc(NS(=O)(=O)c3ccc(C)cc3)cc2)sc2cc(Br)ccc21. The second-order valence-corrected chi connectivity index (χ2v) is 11.2. The van der Waals surface area contributed by atoms with Crippen molar-refractivity contribution < 1.29 is 17.9 Å². The second-order valence-electron chi connectivity index (χ2n) is 7.55. The van der Waals surface area contributed by atoms with Crippen molar-refractivity contribution in [3.63, 3.8) is 0 Å². The molecule has 34 heavy (non-hydrogen) atoms. The molecule has 176 valence electrons. The van der Waals surface area contributed by atoms with Crippen LogP contribution in [0.4, 0.5) is 5.69 Å². The molecule has 0 radical (unpaired) electrons. The van der Waals surface area contributed by atoms with Crippen LogP contribution in [0.2, 0.25) is 0 Å². The van der Waals surface area contributed by atoms with Crippen LogP contribution in [0.3, 0.4) is 0 Å². The van der Waals surface area contributed by atoms with Crippen molar-refractivity contribution in [1.29, 1.82) is 0 Å². The van der Waals surface area contributed by atoms with E-state index in [0.29, 0.717) is 29.2 Å². The third kappa shape index (κ3) is 5.47. The van der Waals surface area contributed by atoms with E-state index in [-0.39, 0.29) is 4.90 Å². The van der Waals surface area contributed by atoms with Gasteiger partial charge in [-0.2, -0.15) is 4.99 Å². The molecular formula is C24H22BrN3O4S2. The number of sulfonamides is 1. The highest BCUT2D eigenvalue weighted by atomic mass is 79.9. The van der Waals surface area contributed by atoms with Gasteiger partial charge < -0.3 is 9.30 Å². The Hall–Kier alpha value is -2.79. The number of methoxy groups -OCH3 is 1. The summed E-state index contributed by atoms with van der Waals surface area (Å²) in [7, 11) is -2.09. The summed E-state index contributed by atoms with van der Waals surface area (Å²) in [5.41, 5.74) is 2.66. The molecule has 0 spiro atoms. The predicted octanol–water partition coefficient (Wildman–Crippen LogP) is 4.96. The Labute approximate surface area is 209 Å². The summed E-state index contributed by atoms with van der Waals surface area (Å²) in [4.78, 5) is 18.0. The fourth-order valence-corrected chi connectivity index (χ4v) is 5.96.